The van der Waals surface area contributed by atoms with Crippen LogP contribution in [-0.2, 0) is 0 Å². The molecule has 21 heavy (non-hydrogen) atoms. The lowest BCUT2D eigenvalue weighted by molar-refractivity contribution is 0.198. The maximum Gasteiger partial charge on any atom is 0.315 e. The molecule has 3 atom stereocenters. The molecule has 118 valence electrons. The summed E-state index contributed by atoms with van der Waals surface area (Å²) in [7, 11) is 0. The fourth-order valence-electron chi connectivity index (χ4n) is 2.26. The van der Waals surface area contributed by atoms with Crippen molar-refractivity contribution >= 4 is 6.03 Å². The van der Waals surface area contributed by atoms with Gasteiger partial charge in [0.1, 0.15) is 0 Å². The molecule has 0 saturated carbocycles. The number of benzene rings is 1. The standard InChI is InChI=1S/C17H28N2O2/c1-5-17(4,11-12-20)19-16(21)18-14(3)13(2)15-9-7-6-8-10-15/h6-10,13-14,20H,5,11-12H2,1-4H3,(H2,18,19,21). The molecule has 0 saturated heterocycles. The summed E-state index contributed by atoms with van der Waals surface area (Å²) in [5.74, 6) is 0.239. The number of urea groups is 1. The maximum atomic E-state index is 12.1. The van der Waals surface area contributed by atoms with Gasteiger partial charge in [0.05, 0.1) is 0 Å². The molecule has 0 aliphatic heterocycles. The van der Waals surface area contributed by atoms with Gasteiger partial charge in [0, 0.05) is 24.1 Å². The van der Waals surface area contributed by atoms with Gasteiger partial charge in [-0.25, -0.2) is 4.79 Å². The van der Waals surface area contributed by atoms with Crippen LogP contribution in [0.1, 0.15) is 52.0 Å². The van der Waals surface area contributed by atoms with E-state index in [4.69, 9.17) is 5.11 Å². The molecule has 1 rings (SSSR count). The number of rotatable bonds is 7. The first kappa shape index (κ1) is 17.5. The summed E-state index contributed by atoms with van der Waals surface area (Å²) in [6, 6.07) is 10.0. The molecule has 3 unspecified atom stereocenters. The van der Waals surface area contributed by atoms with Crippen LogP contribution in [0.3, 0.4) is 0 Å². The lowest BCUT2D eigenvalue weighted by Crippen LogP contribution is -2.52. The average Bonchev–Trinajstić information content (AvgIpc) is 2.47. The number of hydrogen-bond donors (Lipinski definition) is 3. The minimum Gasteiger partial charge on any atom is -0.396 e. The third-order valence-corrected chi connectivity index (χ3v) is 4.29. The lowest BCUT2D eigenvalue weighted by atomic mass is 9.94. The number of carbonyl (C=O) groups is 1. The van der Waals surface area contributed by atoms with Gasteiger partial charge >= 0.3 is 6.03 Å². The van der Waals surface area contributed by atoms with Crippen molar-refractivity contribution in [3.8, 4) is 0 Å². The molecule has 2 amide bonds. The quantitative estimate of drug-likeness (QED) is 0.723. The van der Waals surface area contributed by atoms with E-state index in [1.807, 2.05) is 39.0 Å². The Morgan fingerprint density at radius 2 is 1.90 bits per heavy atom. The topological polar surface area (TPSA) is 61.4 Å². The maximum absolute atomic E-state index is 12.1. The SMILES string of the molecule is CCC(C)(CCO)NC(=O)NC(C)C(C)c1ccccc1. The third-order valence-electron chi connectivity index (χ3n) is 4.29. The lowest BCUT2D eigenvalue weighted by Gasteiger charge is -2.31. The van der Waals surface area contributed by atoms with E-state index in [0.717, 1.165) is 6.42 Å². The molecular formula is C17H28N2O2. The molecule has 0 aliphatic carbocycles. The highest BCUT2D eigenvalue weighted by Gasteiger charge is 2.25. The van der Waals surface area contributed by atoms with Gasteiger partial charge in [0.25, 0.3) is 0 Å². The van der Waals surface area contributed by atoms with E-state index in [1.54, 1.807) is 0 Å². The minimum absolute atomic E-state index is 0.0302. The Hall–Kier alpha value is -1.55. The molecule has 1 aromatic rings. The molecule has 0 heterocycles. The zero-order valence-electron chi connectivity index (χ0n) is 13.5. The van der Waals surface area contributed by atoms with Gasteiger partial charge in [-0.15, -0.1) is 0 Å². The molecule has 0 spiro atoms. The summed E-state index contributed by atoms with van der Waals surface area (Å²) in [6.07, 6.45) is 1.34. The van der Waals surface area contributed by atoms with Gasteiger partial charge in [-0.3, -0.25) is 0 Å². The van der Waals surface area contributed by atoms with Crippen LogP contribution >= 0.6 is 0 Å². The van der Waals surface area contributed by atoms with Gasteiger partial charge in [-0.2, -0.15) is 0 Å². The number of aliphatic hydroxyl groups is 1. The number of amides is 2. The molecular weight excluding hydrogens is 264 g/mol. The number of nitrogens with one attached hydrogen (secondary N) is 2. The van der Waals surface area contributed by atoms with Crippen molar-refractivity contribution in [3.05, 3.63) is 35.9 Å². The zero-order valence-corrected chi connectivity index (χ0v) is 13.5. The van der Waals surface area contributed by atoms with E-state index in [1.165, 1.54) is 5.56 Å². The Morgan fingerprint density at radius 1 is 1.29 bits per heavy atom. The first-order chi connectivity index (χ1) is 9.91. The largest absolute Gasteiger partial charge is 0.396 e. The highest BCUT2D eigenvalue weighted by molar-refractivity contribution is 5.75. The van der Waals surface area contributed by atoms with Crippen molar-refractivity contribution in [3.63, 3.8) is 0 Å². The highest BCUT2D eigenvalue weighted by Crippen LogP contribution is 2.19. The predicted molar refractivity (Wildman–Crippen MR) is 86.4 cm³/mol. The Kier molecular flexibility index (Phi) is 6.69. The predicted octanol–water partition coefficient (Wildman–Crippen LogP) is 3.03. The van der Waals surface area contributed by atoms with Crippen molar-refractivity contribution in [1.82, 2.24) is 10.6 Å². The second-order valence-electron chi connectivity index (χ2n) is 5.97. The molecule has 0 radical (unpaired) electrons. The van der Waals surface area contributed by atoms with Crippen molar-refractivity contribution in [2.45, 2.75) is 58.0 Å². The normalized spacial score (nSPS) is 16.6. The highest BCUT2D eigenvalue weighted by atomic mass is 16.3. The second-order valence-corrected chi connectivity index (χ2v) is 5.97. The Balaban J connectivity index is 2.58. The molecule has 4 nitrogen and oxygen atoms in total. The first-order valence-corrected chi connectivity index (χ1v) is 7.66. The second kappa shape index (κ2) is 8.03. The van der Waals surface area contributed by atoms with Crippen molar-refractivity contribution < 1.29 is 9.90 Å². The molecule has 0 aliphatic rings. The number of carbonyl (C=O) groups excluding carboxylic acids is 1. The van der Waals surface area contributed by atoms with E-state index >= 15 is 0 Å². The summed E-state index contributed by atoms with van der Waals surface area (Å²) in [5.41, 5.74) is 0.841. The minimum atomic E-state index is -0.367. The van der Waals surface area contributed by atoms with Crippen LogP contribution in [0, 0.1) is 0 Å². The van der Waals surface area contributed by atoms with Crippen LogP contribution in [0.5, 0.6) is 0 Å². The van der Waals surface area contributed by atoms with Crippen LogP contribution < -0.4 is 10.6 Å². The van der Waals surface area contributed by atoms with Crippen LogP contribution in [0.2, 0.25) is 0 Å². The monoisotopic (exact) mass is 292 g/mol. The third kappa shape index (κ3) is 5.38. The van der Waals surface area contributed by atoms with Gasteiger partial charge in [0.15, 0.2) is 0 Å². The van der Waals surface area contributed by atoms with Gasteiger partial charge in [0.2, 0.25) is 0 Å². The molecule has 0 bridgehead atoms. The van der Waals surface area contributed by atoms with E-state index in [0.29, 0.717) is 6.42 Å². The van der Waals surface area contributed by atoms with Crippen LogP contribution in [0.25, 0.3) is 0 Å². The Morgan fingerprint density at radius 3 is 2.43 bits per heavy atom. The Labute approximate surface area is 128 Å². The molecule has 1 aromatic carbocycles. The summed E-state index contributed by atoms with van der Waals surface area (Å²) >= 11 is 0. The van der Waals surface area contributed by atoms with E-state index < -0.39 is 0 Å². The summed E-state index contributed by atoms with van der Waals surface area (Å²) in [4.78, 5) is 12.1. The molecule has 0 fully saturated rings. The van der Waals surface area contributed by atoms with Crippen LogP contribution in [-0.4, -0.2) is 29.3 Å². The molecule has 3 N–H and O–H groups in total. The fraction of sp³-hybridized carbons (Fsp3) is 0.588. The first-order valence-electron chi connectivity index (χ1n) is 7.66. The van der Waals surface area contributed by atoms with Crippen LogP contribution in [0.15, 0.2) is 30.3 Å². The van der Waals surface area contributed by atoms with Crippen molar-refractivity contribution in [2.24, 2.45) is 0 Å². The summed E-state index contributed by atoms with van der Waals surface area (Å²) < 4.78 is 0. The summed E-state index contributed by atoms with van der Waals surface area (Å²) in [5, 5.41) is 15.1. The number of hydrogen-bond acceptors (Lipinski definition) is 2. The molecule has 0 aromatic heterocycles. The van der Waals surface area contributed by atoms with E-state index in [-0.39, 0.29) is 30.1 Å². The Bertz CT molecular complexity index is 436. The number of aliphatic hydroxyl groups excluding tert-OH is 1. The van der Waals surface area contributed by atoms with Gasteiger partial charge < -0.3 is 15.7 Å². The van der Waals surface area contributed by atoms with E-state index in [2.05, 4.69) is 29.7 Å². The molecule has 4 heteroatoms. The average molecular weight is 292 g/mol. The smallest absolute Gasteiger partial charge is 0.315 e. The van der Waals surface area contributed by atoms with E-state index in [9.17, 15) is 4.79 Å². The van der Waals surface area contributed by atoms with Crippen LogP contribution in [0.4, 0.5) is 4.79 Å². The van der Waals surface area contributed by atoms with Crippen molar-refractivity contribution in [1.29, 1.82) is 0 Å². The summed E-state index contributed by atoms with van der Waals surface area (Å²) in [6.45, 7) is 8.14. The zero-order chi connectivity index (χ0) is 15.9. The van der Waals surface area contributed by atoms with Crippen molar-refractivity contribution in [2.75, 3.05) is 6.61 Å². The van der Waals surface area contributed by atoms with Gasteiger partial charge in [-0.1, -0.05) is 44.2 Å². The fourth-order valence-corrected chi connectivity index (χ4v) is 2.26. The van der Waals surface area contributed by atoms with Gasteiger partial charge in [-0.05, 0) is 32.3 Å².